The molecule has 1 rings (SSSR count). The monoisotopic (exact) mass is 340 g/mol. The van der Waals surface area contributed by atoms with Crippen LogP contribution in [0.5, 0.6) is 0 Å². The van der Waals surface area contributed by atoms with Crippen LogP contribution in [0.1, 0.15) is 46.1 Å². The molecular formula is C17H29BrN2. The highest BCUT2D eigenvalue weighted by Gasteiger charge is 2.13. The van der Waals surface area contributed by atoms with Crippen LogP contribution in [0.3, 0.4) is 0 Å². The average Bonchev–Trinajstić information content (AvgIpc) is 2.34. The normalized spacial score (nSPS) is 11.4. The van der Waals surface area contributed by atoms with Gasteiger partial charge in [0.1, 0.15) is 0 Å². The lowest BCUT2D eigenvalue weighted by molar-refractivity contribution is 0.535. The van der Waals surface area contributed by atoms with Gasteiger partial charge in [0.25, 0.3) is 0 Å². The van der Waals surface area contributed by atoms with Crippen molar-refractivity contribution >= 4 is 27.3 Å². The summed E-state index contributed by atoms with van der Waals surface area (Å²) >= 11 is 3.67. The zero-order chi connectivity index (χ0) is 15.3. The number of aryl methyl sites for hydroxylation is 1. The lowest BCUT2D eigenvalue weighted by Crippen LogP contribution is -2.28. The minimum atomic E-state index is 0.727. The summed E-state index contributed by atoms with van der Waals surface area (Å²) in [7, 11) is 0. The van der Waals surface area contributed by atoms with Crippen molar-refractivity contribution in [2.45, 2.75) is 47.5 Å². The number of nitrogens with two attached hydrogens (primary N) is 1. The van der Waals surface area contributed by atoms with Crippen molar-refractivity contribution in [3.8, 4) is 0 Å². The number of nitrogen functional groups attached to an aromatic ring is 1. The van der Waals surface area contributed by atoms with Crippen LogP contribution < -0.4 is 10.6 Å². The summed E-state index contributed by atoms with van der Waals surface area (Å²) in [6, 6.07) is 4.24. The third-order valence-corrected chi connectivity index (χ3v) is 4.26. The first-order valence-corrected chi connectivity index (χ1v) is 8.41. The first kappa shape index (κ1) is 17.4. The van der Waals surface area contributed by atoms with Crippen LogP contribution in [-0.4, -0.2) is 13.1 Å². The maximum atomic E-state index is 5.99. The van der Waals surface area contributed by atoms with Crippen LogP contribution in [0.25, 0.3) is 0 Å². The molecule has 0 aromatic heterocycles. The highest BCUT2D eigenvalue weighted by atomic mass is 79.9. The van der Waals surface area contributed by atoms with Gasteiger partial charge in [-0.15, -0.1) is 0 Å². The molecule has 0 amide bonds. The molecule has 114 valence electrons. The molecule has 2 N–H and O–H groups in total. The maximum absolute atomic E-state index is 5.99. The van der Waals surface area contributed by atoms with Crippen LogP contribution in [0.2, 0.25) is 0 Å². The quantitative estimate of drug-likeness (QED) is 0.687. The van der Waals surface area contributed by atoms with Crippen LogP contribution in [0.4, 0.5) is 11.4 Å². The zero-order valence-electron chi connectivity index (χ0n) is 13.5. The van der Waals surface area contributed by atoms with Crippen molar-refractivity contribution in [2.24, 2.45) is 11.8 Å². The molecular weight excluding hydrogens is 312 g/mol. The van der Waals surface area contributed by atoms with E-state index in [1.807, 2.05) is 6.07 Å². The van der Waals surface area contributed by atoms with Gasteiger partial charge in [-0.2, -0.15) is 0 Å². The molecule has 0 spiro atoms. The number of anilines is 2. The molecule has 20 heavy (non-hydrogen) atoms. The molecule has 0 aliphatic carbocycles. The van der Waals surface area contributed by atoms with Gasteiger partial charge >= 0.3 is 0 Å². The first-order chi connectivity index (χ1) is 9.31. The first-order valence-electron chi connectivity index (χ1n) is 7.61. The second-order valence-electron chi connectivity index (χ2n) is 6.51. The summed E-state index contributed by atoms with van der Waals surface area (Å²) in [5.41, 5.74) is 9.27. The predicted molar refractivity (Wildman–Crippen MR) is 94.4 cm³/mol. The van der Waals surface area contributed by atoms with E-state index in [0.29, 0.717) is 0 Å². The molecule has 0 saturated heterocycles. The summed E-state index contributed by atoms with van der Waals surface area (Å²) in [5.74, 6) is 1.45. The van der Waals surface area contributed by atoms with Crippen molar-refractivity contribution in [3.63, 3.8) is 0 Å². The van der Waals surface area contributed by atoms with Gasteiger partial charge in [-0.1, -0.05) is 27.7 Å². The Morgan fingerprint density at radius 1 is 1.05 bits per heavy atom. The Labute approximate surface area is 132 Å². The van der Waals surface area contributed by atoms with E-state index in [9.17, 15) is 0 Å². The molecule has 1 aromatic rings. The third kappa shape index (κ3) is 5.35. The summed E-state index contributed by atoms with van der Waals surface area (Å²) in [6.45, 7) is 13.4. The molecule has 0 heterocycles. The van der Waals surface area contributed by atoms with Gasteiger partial charge < -0.3 is 10.6 Å². The van der Waals surface area contributed by atoms with E-state index in [1.165, 1.54) is 18.5 Å². The molecule has 0 atom stereocenters. The van der Waals surface area contributed by atoms with Gasteiger partial charge in [-0.05, 0) is 65.2 Å². The van der Waals surface area contributed by atoms with Crippen molar-refractivity contribution in [1.29, 1.82) is 0 Å². The summed E-state index contributed by atoms with van der Waals surface area (Å²) in [6.07, 6.45) is 2.43. The fourth-order valence-electron chi connectivity index (χ4n) is 2.10. The Bertz CT molecular complexity index is 415. The maximum Gasteiger partial charge on any atom is 0.0514 e. The molecule has 0 bridgehead atoms. The van der Waals surface area contributed by atoms with Crippen molar-refractivity contribution < 1.29 is 0 Å². The average molecular weight is 341 g/mol. The highest BCUT2D eigenvalue weighted by molar-refractivity contribution is 9.10. The Hall–Kier alpha value is -0.700. The van der Waals surface area contributed by atoms with Gasteiger partial charge in [0.2, 0.25) is 0 Å². The van der Waals surface area contributed by atoms with Gasteiger partial charge in [0.15, 0.2) is 0 Å². The van der Waals surface area contributed by atoms with E-state index >= 15 is 0 Å². The zero-order valence-corrected chi connectivity index (χ0v) is 15.1. The molecule has 0 fully saturated rings. The Balaban J connectivity index is 2.93. The Morgan fingerprint density at radius 3 is 2.00 bits per heavy atom. The molecule has 0 radical (unpaired) electrons. The van der Waals surface area contributed by atoms with E-state index < -0.39 is 0 Å². The lowest BCUT2D eigenvalue weighted by Gasteiger charge is -2.28. The summed E-state index contributed by atoms with van der Waals surface area (Å²) in [5, 5.41) is 0. The number of halogens is 1. The topological polar surface area (TPSA) is 29.3 Å². The number of hydrogen-bond donors (Lipinski definition) is 1. The number of nitrogens with zero attached hydrogens (tertiary/aromatic N) is 1. The summed E-state index contributed by atoms with van der Waals surface area (Å²) < 4.78 is 1.10. The second kappa shape index (κ2) is 7.92. The van der Waals surface area contributed by atoms with Crippen molar-refractivity contribution in [2.75, 3.05) is 23.7 Å². The van der Waals surface area contributed by atoms with Crippen LogP contribution >= 0.6 is 15.9 Å². The largest absolute Gasteiger partial charge is 0.398 e. The van der Waals surface area contributed by atoms with Crippen molar-refractivity contribution in [3.05, 3.63) is 22.2 Å². The second-order valence-corrected chi connectivity index (χ2v) is 7.37. The molecule has 0 aliphatic rings. The molecule has 2 nitrogen and oxygen atoms in total. The third-order valence-electron chi connectivity index (χ3n) is 3.63. The number of benzene rings is 1. The molecule has 0 aliphatic heterocycles. The fraction of sp³-hybridized carbons (Fsp3) is 0.647. The van der Waals surface area contributed by atoms with Crippen LogP contribution in [-0.2, 0) is 0 Å². The molecule has 0 saturated carbocycles. The highest BCUT2D eigenvalue weighted by Crippen LogP contribution is 2.31. The molecule has 3 heteroatoms. The van der Waals surface area contributed by atoms with E-state index in [0.717, 1.165) is 40.6 Å². The molecule has 0 unspecified atom stereocenters. The predicted octanol–water partition coefficient (Wildman–Crippen LogP) is 5.24. The number of rotatable bonds is 7. The summed E-state index contributed by atoms with van der Waals surface area (Å²) in [4.78, 5) is 2.50. The van der Waals surface area contributed by atoms with Gasteiger partial charge in [0, 0.05) is 23.2 Å². The smallest absolute Gasteiger partial charge is 0.0514 e. The minimum absolute atomic E-state index is 0.727. The van der Waals surface area contributed by atoms with Crippen molar-refractivity contribution in [1.82, 2.24) is 0 Å². The van der Waals surface area contributed by atoms with E-state index in [4.69, 9.17) is 5.73 Å². The van der Waals surface area contributed by atoms with E-state index in [-0.39, 0.29) is 0 Å². The lowest BCUT2D eigenvalue weighted by atomic mass is 10.1. The number of hydrogen-bond acceptors (Lipinski definition) is 2. The van der Waals surface area contributed by atoms with Crippen LogP contribution in [0, 0.1) is 18.8 Å². The SMILES string of the molecule is Cc1cc(N(CCC(C)C)CCC(C)C)c(Br)cc1N. The Kier molecular flexibility index (Phi) is 6.87. The van der Waals surface area contributed by atoms with Gasteiger partial charge in [0.05, 0.1) is 5.69 Å². The standard InChI is InChI=1S/C17H29BrN2/c1-12(2)6-8-20(9-7-13(3)4)17-10-14(5)16(19)11-15(17)18/h10-13H,6-9,19H2,1-5H3. The van der Waals surface area contributed by atoms with Gasteiger partial charge in [-0.3, -0.25) is 0 Å². The molecule has 1 aromatic carbocycles. The van der Waals surface area contributed by atoms with Crippen LogP contribution in [0.15, 0.2) is 16.6 Å². The minimum Gasteiger partial charge on any atom is -0.398 e. The fourth-order valence-corrected chi connectivity index (χ4v) is 2.72. The van der Waals surface area contributed by atoms with E-state index in [1.54, 1.807) is 0 Å². The van der Waals surface area contributed by atoms with E-state index in [2.05, 4.69) is 61.5 Å². The van der Waals surface area contributed by atoms with Gasteiger partial charge in [-0.25, -0.2) is 0 Å². The Morgan fingerprint density at radius 2 is 1.55 bits per heavy atom.